The lowest BCUT2D eigenvalue weighted by atomic mass is 9.98. The fourth-order valence-electron chi connectivity index (χ4n) is 5.25. The summed E-state index contributed by atoms with van der Waals surface area (Å²) in [6.45, 7) is 7.06. The Hall–Kier alpha value is -4.86. The highest BCUT2D eigenvalue weighted by atomic mass is 16.6. The molecule has 3 aromatic carbocycles. The van der Waals surface area contributed by atoms with E-state index in [1.54, 1.807) is 26.0 Å². The molecule has 1 atom stereocenters. The zero-order valence-corrected chi connectivity index (χ0v) is 24.2. The number of aryl methyl sites for hydroxylation is 2. The maximum atomic E-state index is 13.0. The van der Waals surface area contributed by atoms with Crippen molar-refractivity contribution in [3.63, 3.8) is 0 Å². The van der Waals surface area contributed by atoms with Crippen LogP contribution in [0.4, 0.5) is 15.3 Å². The molecule has 4 rings (SSSR count). The molecule has 10 nitrogen and oxygen atoms in total. The van der Waals surface area contributed by atoms with Gasteiger partial charge >= 0.3 is 12.2 Å². The maximum Gasteiger partial charge on any atom is 0.407 e. The highest BCUT2D eigenvalue weighted by molar-refractivity contribution is 5.97. The van der Waals surface area contributed by atoms with E-state index in [4.69, 9.17) is 15.2 Å². The second kappa shape index (κ2) is 13.2. The summed E-state index contributed by atoms with van der Waals surface area (Å²) in [5, 5.41) is 8.06. The van der Waals surface area contributed by atoms with Crippen molar-refractivity contribution in [1.82, 2.24) is 10.6 Å². The van der Waals surface area contributed by atoms with E-state index in [2.05, 4.69) is 28.1 Å². The first-order valence-corrected chi connectivity index (χ1v) is 13.8. The number of carbonyl (C=O) groups is 4. The first kappa shape index (κ1) is 30.1. The lowest BCUT2D eigenvalue weighted by molar-refractivity contribution is -0.126. The summed E-state index contributed by atoms with van der Waals surface area (Å²) in [7, 11) is 0. The molecule has 3 aromatic rings. The van der Waals surface area contributed by atoms with Crippen molar-refractivity contribution in [2.24, 2.45) is 11.7 Å². The van der Waals surface area contributed by atoms with Gasteiger partial charge in [-0.2, -0.15) is 0 Å². The summed E-state index contributed by atoms with van der Waals surface area (Å²) in [4.78, 5) is 49.3. The van der Waals surface area contributed by atoms with Crippen LogP contribution in [0.25, 0.3) is 11.1 Å². The number of primary amides is 1. The summed E-state index contributed by atoms with van der Waals surface area (Å²) in [6, 6.07) is 18.7. The third-order valence-electron chi connectivity index (χ3n) is 7.23. The molecular weight excluding hydrogens is 536 g/mol. The second-order valence-electron chi connectivity index (χ2n) is 10.7. The van der Waals surface area contributed by atoms with Crippen molar-refractivity contribution in [3.8, 4) is 11.1 Å². The number of anilines is 1. The quantitative estimate of drug-likeness (QED) is 0.281. The molecule has 10 heteroatoms. The molecule has 42 heavy (non-hydrogen) atoms. The Morgan fingerprint density at radius 1 is 0.881 bits per heavy atom. The van der Waals surface area contributed by atoms with Gasteiger partial charge in [-0.1, -0.05) is 74.5 Å². The highest BCUT2D eigenvalue weighted by Gasteiger charge is 2.30. The molecule has 5 N–H and O–H groups in total. The van der Waals surface area contributed by atoms with Gasteiger partial charge in [0, 0.05) is 11.6 Å². The Labute approximate surface area is 245 Å². The molecule has 0 saturated heterocycles. The second-order valence-corrected chi connectivity index (χ2v) is 10.7. The van der Waals surface area contributed by atoms with Crippen molar-refractivity contribution >= 4 is 29.7 Å². The smallest absolute Gasteiger partial charge is 0.407 e. The number of hydrogen-bond acceptors (Lipinski definition) is 6. The Kier molecular flexibility index (Phi) is 9.46. The number of alkyl carbamates (subject to hydrolysis) is 1. The van der Waals surface area contributed by atoms with Crippen LogP contribution in [0.3, 0.4) is 0 Å². The van der Waals surface area contributed by atoms with E-state index >= 15 is 0 Å². The molecule has 0 spiro atoms. The molecule has 0 aliphatic heterocycles. The number of carbonyl (C=O) groups excluding carboxylic acids is 4. The van der Waals surface area contributed by atoms with Gasteiger partial charge in [-0.05, 0) is 58.7 Å². The number of hydrogen-bond donors (Lipinski definition) is 4. The maximum absolute atomic E-state index is 13.0. The van der Waals surface area contributed by atoms with E-state index in [9.17, 15) is 19.2 Å². The van der Waals surface area contributed by atoms with Gasteiger partial charge in [-0.25, -0.2) is 9.59 Å². The van der Waals surface area contributed by atoms with Gasteiger partial charge < -0.3 is 31.2 Å². The zero-order chi connectivity index (χ0) is 30.4. The van der Waals surface area contributed by atoms with Gasteiger partial charge in [-0.15, -0.1) is 0 Å². The third-order valence-corrected chi connectivity index (χ3v) is 7.23. The minimum absolute atomic E-state index is 0.0224. The third kappa shape index (κ3) is 7.06. The van der Waals surface area contributed by atoms with E-state index in [-0.39, 0.29) is 31.6 Å². The molecule has 0 saturated carbocycles. The number of benzene rings is 3. The molecule has 0 fully saturated rings. The topological polar surface area (TPSA) is 149 Å². The minimum Gasteiger partial charge on any atom is -0.449 e. The minimum atomic E-state index is -0.901. The van der Waals surface area contributed by atoms with Crippen LogP contribution in [-0.2, 0) is 25.7 Å². The van der Waals surface area contributed by atoms with Crippen LogP contribution in [0.15, 0.2) is 60.7 Å². The predicted molar refractivity (Wildman–Crippen MR) is 159 cm³/mol. The molecule has 4 amide bonds. The largest absolute Gasteiger partial charge is 0.449 e. The molecule has 220 valence electrons. The van der Waals surface area contributed by atoms with Gasteiger partial charge in [0.2, 0.25) is 11.8 Å². The molecule has 1 aliphatic carbocycles. The van der Waals surface area contributed by atoms with Crippen molar-refractivity contribution in [2.45, 2.75) is 46.3 Å². The normalized spacial score (nSPS) is 12.6. The number of rotatable bonds is 10. The first-order valence-electron chi connectivity index (χ1n) is 13.8. The number of nitrogens with one attached hydrogen (secondary N) is 3. The van der Waals surface area contributed by atoms with Crippen molar-refractivity contribution in [2.75, 3.05) is 18.5 Å². The summed E-state index contributed by atoms with van der Waals surface area (Å²) in [5.74, 6) is -1.29. The number of ether oxygens (including phenoxy) is 2. The number of fused-ring (bicyclic) bond motifs is 3. The first-order chi connectivity index (χ1) is 20.0. The van der Waals surface area contributed by atoms with E-state index in [1.165, 1.54) is 0 Å². The molecule has 0 bridgehead atoms. The molecule has 0 radical (unpaired) electrons. The molecule has 1 aliphatic rings. The number of nitrogens with two attached hydrogens (primary N) is 1. The Balaban J connectivity index is 1.31. The van der Waals surface area contributed by atoms with Crippen molar-refractivity contribution in [3.05, 3.63) is 88.5 Å². The van der Waals surface area contributed by atoms with Gasteiger partial charge in [0.15, 0.2) is 0 Å². The van der Waals surface area contributed by atoms with Crippen LogP contribution in [0.2, 0.25) is 0 Å². The fraction of sp³-hybridized carbons (Fsp3) is 0.312. The SMILES string of the molecule is Cc1cc(COC(N)=O)cc(C)c1NC(=O)CNC(=O)C(NC(=O)OCC1c2ccccc2-c2ccccc21)C(C)C. The van der Waals surface area contributed by atoms with E-state index in [0.717, 1.165) is 38.9 Å². The van der Waals surface area contributed by atoms with Crippen LogP contribution in [-0.4, -0.2) is 43.2 Å². The van der Waals surface area contributed by atoms with Gasteiger partial charge in [0.1, 0.15) is 19.3 Å². The van der Waals surface area contributed by atoms with Crippen LogP contribution in [0, 0.1) is 19.8 Å². The molecular formula is C32H36N4O6. The van der Waals surface area contributed by atoms with Gasteiger partial charge in [0.05, 0.1) is 6.54 Å². The Morgan fingerprint density at radius 2 is 1.45 bits per heavy atom. The van der Waals surface area contributed by atoms with E-state index < -0.39 is 30.0 Å². The molecule has 0 heterocycles. The average Bonchev–Trinajstić information content (AvgIpc) is 3.27. The summed E-state index contributed by atoms with van der Waals surface area (Å²) in [6.07, 6.45) is -1.58. The Morgan fingerprint density at radius 3 is 2.00 bits per heavy atom. The van der Waals surface area contributed by atoms with Crippen LogP contribution in [0.1, 0.15) is 47.6 Å². The monoisotopic (exact) mass is 572 g/mol. The van der Waals surface area contributed by atoms with Crippen LogP contribution >= 0.6 is 0 Å². The lowest BCUT2D eigenvalue weighted by Gasteiger charge is -2.22. The fourth-order valence-corrected chi connectivity index (χ4v) is 5.25. The Bertz CT molecular complexity index is 1430. The summed E-state index contributed by atoms with van der Waals surface area (Å²) < 4.78 is 10.4. The predicted octanol–water partition coefficient (Wildman–Crippen LogP) is 4.52. The average molecular weight is 573 g/mol. The van der Waals surface area contributed by atoms with Crippen LogP contribution < -0.4 is 21.7 Å². The number of amides is 4. The summed E-state index contributed by atoms with van der Waals surface area (Å²) in [5.41, 5.74) is 12.3. The zero-order valence-electron chi connectivity index (χ0n) is 24.2. The van der Waals surface area contributed by atoms with Gasteiger partial charge in [-0.3, -0.25) is 9.59 Å². The molecule has 0 aromatic heterocycles. The highest BCUT2D eigenvalue weighted by Crippen LogP contribution is 2.44. The van der Waals surface area contributed by atoms with Crippen LogP contribution in [0.5, 0.6) is 0 Å². The van der Waals surface area contributed by atoms with Crippen molar-refractivity contribution < 1.29 is 28.7 Å². The standard InChI is InChI=1S/C32H36N4O6/c1-18(2)28(30(38)34-15-27(37)35-29-19(3)13-21(14-20(29)4)16-41-31(33)39)36-32(40)42-17-26-24-11-7-5-9-22(24)23-10-6-8-12-25(23)26/h5-14,18,26,28H,15-17H2,1-4H3,(H2,33,39)(H,34,38)(H,35,37)(H,36,40). The van der Waals surface area contributed by atoms with Crippen molar-refractivity contribution in [1.29, 1.82) is 0 Å². The van der Waals surface area contributed by atoms with E-state index in [0.29, 0.717) is 5.69 Å². The molecule has 1 unspecified atom stereocenters. The van der Waals surface area contributed by atoms with Gasteiger partial charge in [0.25, 0.3) is 0 Å². The lowest BCUT2D eigenvalue weighted by Crippen LogP contribution is -2.51. The van der Waals surface area contributed by atoms with E-state index in [1.807, 2.05) is 50.2 Å². The summed E-state index contributed by atoms with van der Waals surface area (Å²) >= 11 is 0.